The van der Waals surface area contributed by atoms with Gasteiger partial charge < -0.3 is 9.47 Å². The van der Waals surface area contributed by atoms with Gasteiger partial charge in [0.1, 0.15) is 17.3 Å². The molecular weight excluding hydrogens is 526 g/mol. The van der Waals surface area contributed by atoms with E-state index in [2.05, 4.69) is 43.9 Å². The molecule has 3 rings (SSSR count). The van der Waals surface area contributed by atoms with Gasteiger partial charge >= 0.3 is 0 Å². The van der Waals surface area contributed by atoms with Crippen LogP contribution in [0.25, 0.3) is 10.9 Å². The highest BCUT2D eigenvalue weighted by atomic mass is 79.9. The van der Waals surface area contributed by atoms with Gasteiger partial charge in [0.2, 0.25) is 0 Å². The first kappa shape index (κ1) is 23.5. The molecule has 0 radical (unpaired) electrons. The van der Waals surface area contributed by atoms with Crippen molar-refractivity contribution >= 4 is 49.0 Å². The first-order valence-corrected chi connectivity index (χ1v) is 11.9. The van der Waals surface area contributed by atoms with E-state index in [9.17, 15) is 4.79 Å². The molecule has 1 heterocycles. The van der Waals surface area contributed by atoms with Crippen molar-refractivity contribution in [2.45, 2.75) is 40.0 Å². The van der Waals surface area contributed by atoms with Crippen LogP contribution in [0.1, 0.15) is 45.0 Å². The van der Waals surface area contributed by atoms with Crippen LogP contribution in [0.5, 0.6) is 11.5 Å². The summed E-state index contributed by atoms with van der Waals surface area (Å²) in [5.74, 6) is 1.97. The van der Waals surface area contributed by atoms with Gasteiger partial charge in [0, 0.05) is 22.5 Å². The normalized spacial score (nSPS) is 11.4. The minimum atomic E-state index is -0.198. The summed E-state index contributed by atoms with van der Waals surface area (Å²) in [5.41, 5.74) is 1.21. The molecule has 0 atom stereocenters. The number of rotatable bonds is 9. The standard InChI is InChI=1S/C23H25Br2N3O3/c1-4-7-8-22-27-19-10-9-16(24)12-17(19)23(29)28(22)26-14-15-11-18(25)21(31-6-3)13-20(15)30-5-2/h9-14H,4-8H2,1-3H3. The summed E-state index contributed by atoms with van der Waals surface area (Å²) in [6.45, 7) is 7.00. The predicted molar refractivity (Wildman–Crippen MR) is 132 cm³/mol. The molecule has 0 N–H and O–H groups in total. The van der Waals surface area contributed by atoms with Crippen LogP contribution < -0.4 is 15.0 Å². The van der Waals surface area contributed by atoms with Gasteiger partial charge in [-0.15, -0.1) is 0 Å². The van der Waals surface area contributed by atoms with Gasteiger partial charge in [0.15, 0.2) is 0 Å². The van der Waals surface area contributed by atoms with Crippen LogP contribution in [0.3, 0.4) is 0 Å². The first-order valence-electron chi connectivity index (χ1n) is 10.3. The van der Waals surface area contributed by atoms with Crippen molar-refractivity contribution in [2.75, 3.05) is 13.2 Å². The van der Waals surface area contributed by atoms with E-state index in [0.29, 0.717) is 47.9 Å². The molecule has 0 saturated heterocycles. The van der Waals surface area contributed by atoms with Gasteiger partial charge in [-0.2, -0.15) is 9.78 Å². The lowest BCUT2D eigenvalue weighted by Crippen LogP contribution is -2.22. The Kier molecular flexibility index (Phi) is 8.26. The van der Waals surface area contributed by atoms with E-state index in [1.54, 1.807) is 12.3 Å². The van der Waals surface area contributed by atoms with Crippen LogP contribution in [0.2, 0.25) is 0 Å². The second kappa shape index (κ2) is 10.9. The molecule has 8 heteroatoms. The number of fused-ring (bicyclic) bond motifs is 1. The van der Waals surface area contributed by atoms with E-state index in [0.717, 1.165) is 27.4 Å². The lowest BCUT2D eigenvalue weighted by Gasteiger charge is -2.13. The third kappa shape index (κ3) is 5.54. The number of aryl methyl sites for hydroxylation is 1. The van der Waals surface area contributed by atoms with E-state index in [4.69, 9.17) is 14.5 Å². The van der Waals surface area contributed by atoms with Gasteiger partial charge in [-0.25, -0.2) is 4.98 Å². The van der Waals surface area contributed by atoms with Gasteiger partial charge in [0.05, 0.1) is 34.8 Å². The SMILES string of the molecule is CCCCc1nc2ccc(Br)cc2c(=O)n1N=Cc1cc(Br)c(OCC)cc1OCC. The molecular formula is C23H25Br2N3O3. The van der Waals surface area contributed by atoms with Crippen LogP contribution >= 0.6 is 31.9 Å². The van der Waals surface area contributed by atoms with E-state index in [1.807, 2.05) is 38.1 Å². The molecule has 0 aliphatic rings. The van der Waals surface area contributed by atoms with E-state index in [-0.39, 0.29) is 5.56 Å². The van der Waals surface area contributed by atoms with Crippen LogP contribution in [0.15, 0.2) is 49.2 Å². The average Bonchev–Trinajstić information content (AvgIpc) is 2.75. The third-order valence-electron chi connectivity index (χ3n) is 4.61. The minimum Gasteiger partial charge on any atom is -0.493 e. The summed E-state index contributed by atoms with van der Waals surface area (Å²) in [6, 6.07) is 9.22. The second-order valence-electron chi connectivity index (χ2n) is 6.84. The van der Waals surface area contributed by atoms with Crippen molar-refractivity contribution < 1.29 is 9.47 Å². The fourth-order valence-corrected chi connectivity index (χ4v) is 3.96. The summed E-state index contributed by atoms with van der Waals surface area (Å²) in [6.07, 6.45) is 4.22. The monoisotopic (exact) mass is 549 g/mol. The molecule has 1 aromatic heterocycles. The van der Waals surface area contributed by atoms with Crippen LogP contribution in [0.4, 0.5) is 0 Å². The first-order chi connectivity index (χ1) is 15.0. The van der Waals surface area contributed by atoms with E-state index in [1.165, 1.54) is 4.68 Å². The number of unbranched alkanes of at least 4 members (excludes halogenated alkanes) is 1. The number of halogens is 2. The zero-order valence-corrected chi connectivity index (χ0v) is 21.0. The molecule has 0 fully saturated rings. The molecule has 0 unspecified atom stereocenters. The molecule has 6 nitrogen and oxygen atoms in total. The zero-order chi connectivity index (χ0) is 22.4. The topological polar surface area (TPSA) is 65.7 Å². The quantitative estimate of drug-likeness (QED) is 0.309. The smallest absolute Gasteiger partial charge is 0.282 e. The Balaban J connectivity index is 2.12. The summed E-state index contributed by atoms with van der Waals surface area (Å²) < 4.78 is 14.4. The minimum absolute atomic E-state index is 0.198. The molecule has 3 aromatic rings. The van der Waals surface area contributed by atoms with Gasteiger partial charge in [-0.3, -0.25) is 4.79 Å². The fraction of sp³-hybridized carbons (Fsp3) is 0.348. The Labute approximate surface area is 198 Å². The van der Waals surface area contributed by atoms with Crippen LogP contribution in [-0.4, -0.2) is 29.1 Å². The largest absolute Gasteiger partial charge is 0.493 e. The second-order valence-corrected chi connectivity index (χ2v) is 8.61. The maximum Gasteiger partial charge on any atom is 0.282 e. The molecule has 0 saturated carbocycles. The van der Waals surface area contributed by atoms with Crippen molar-refractivity contribution in [3.05, 3.63) is 61.0 Å². The lowest BCUT2D eigenvalue weighted by atomic mass is 10.2. The Morgan fingerprint density at radius 1 is 1.06 bits per heavy atom. The highest BCUT2D eigenvalue weighted by Crippen LogP contribution is 2.32. The summed E-state index contributed by atoms with van der Waals surface area (Å²) in [4.78, 5) is 17.9. The number of hydrogen-bond acceptors (Lipinski definition) is 5. The number of benzene rings is 2. The van der Waals surface area contributed by atoms with Crippen molar-refractivity contribution in [3.8, 4) is 11.5 Å². The van der Waals surface area contributed by atoms with Gasteiger partial charge in [-0.05, 0) is 60.5 Å². The highest BCUT2D eigenvalue weighted by molar-refractivity contribution is 9.10. The molecule has 0 aliphatic carbocycles. The zero-order valence-electron chi connectivity index (χ0n) is 17.8. The molecule has 0 bridgehead atoms. The lowest BCUT2D eigenvalue weighted by molar-refractivity contribution is 0.321. The third-order valence-corrected chi connectivity index (χ3v) is 5.72. The van der Waals surface area contributed by atoms with Crippen molar-refractivity contribution in [3.63, 3.8) is 0 Å². The van der Waals surface area contributed by atoms with Gasteiger partial charge in [0.25, 0.3) is 5.56 Å². The fourth-order valence-electron chi connectivity index (χ4n) is 3.13. The molecule has 31 heavy (non-hydrogen) atoms. The number of aromatic nitrogens is 2. The summed E-state index contributed by atoms with van der Waals surface area (Å²) in [5, 5.41) is 5.05. The molecule has 164 valence electrons. The van der Waals surface area contributed by atoms with Crippen LogP contribution in [-0.2, 0) is 6.42 Å². The average molecular weight is 551 g/mol. The van der Waals surface area contributed by atoms with Gasteiger partial charge in [-0.1, -0.05) is 29.3 Å². The Morgan fingerprint density at radius 2 is 1.81 bits per heavy atom. The van der Waals surface area contributed by atoms with E-state index >= 15 is 0 Å². The Bertz CT molecular complexity index is 1160. The number of hydrogen-bond donors (Lipinski definition) is 0. The molecule has 0 spiro atoms. The molecule has 2 aromatic carbocycles. The van der Waals surface area contributed by atoms with Crippen molar-refractivity contribution in [1.82, 2.24) is 9.66 Å². The maximum absolute atomic E-state index is 13.2. The number of nitrogens with zero attached hydrogens (tertiary/aromatic N) is 3. The maximum atomic E-state index is 13.2. The molecule has 0 aliphatic heterocycles. The predicted octanol–water partition coefficient (Wildman–Crippen LogP) is 5.94. The summed E-state index contributed by atoms with van der Waals surface area (Å²) >= 11 is 6.97. The summed E-state index contributed by atoms with van der Waals surface area (Å²) in [7, 11) is 0. The Morgan fingerprint density at radius 3 is 2.52 bits per heavy atom. The van der Waals surface area contributed by atoms with Crippen molar-refractivity contribution in [1.29, 1.82) is 0 Å². The van der Waals surface area contributed by atoms with E-state index < -0.39 is 0 Å². The highest BCUT2D eigenvalue weighted by Gasteiger charge is 2.13. The number of ether oxygens (including phenoxy) is 2. The molecule has 0 amide bonds. The van der Waals surface area contributed by atoms with Crippen LogP contribution in [0, 0.1) is 0 Å². The Hall–Kier alpha value is -2.19. The van der Waals surface area contributed by atoms with Crippen molar-refractivity contribution in [2.24, 2.45) is 5.10 Å².